The van der Waals surface area contributed by atoms with Crippen LogP contribution < -0.4 is 16.4 Å². The first-order valence-electron chi connectivity index (χ1n) is 5.00. The molecule has 0 aromatic rings. The fourth-order valence-corrected chi connectivity index (χ4v) is 1.44. The minimum absolute atomic E-state index is 0.0823. The molecule has 0 spiro atoms. The van der Waals surface area contributed by atoms with Crippen molar-refractivity contribution in [2.45, 2.75) is 31.6 Å². The van der Waals surface area contributed by atoms with Crippen LogP contribution in [0.3, 0.4) is 0 Å². The smallest absolute Gasteiger partial charge is 0.318 e. The lowest BCUT2D eigenvalue weighted by molar-refractivity contribution is -0.121. The third-order valence-electron chi connectivity index (χ3n) is 2.21. The second-order valence-electron chi connectivity index (χ2n) is 3.63. The van der Waals surface area contributed by atoms with Gasteiger partial charge >= 0.3 is 6.03 Å². The Bertz CT molecular complexity index is 283. The first-order chi connectivity index (χ1) is 7.34. The van der Waals surface area contributed by atoms with E-state index < -0.39 is 28.8 Å². The van der Waals surface area contributed by atoms with Crippen LogP contribution in [0.4, 0.5) is 4.79 Å². The van der Waals surface area contributed by atoms with Crippen molar-refractivity contribution in [3.63, 3.8) is 0 Å². The number of carbonyl (C=O) groups is 2. The topological polar surface area (TPSA) is 101 Å². The molecule has 0 aromatic heterocycles. The highest BCUT2D eigenvalue weighted by molar-refractivity contribution is 7.84. The SMILES string of the molecule is CC(NCCC(C)S(C)=O)C(=O)NC(N)=O. The monoisotopic (exact) mass is 249 g/mol. The summed E-state index contributed by atoms with van der Waals surface area (Å²) < 4.78 is 11.0. The first-order valence-corrected chi connectivity index (χ1v) is 6.62. The van der Waals surface area contributed by atoms with Crippen molar-refractivity contribution in [2.24, 2.45) is 5.73 Å². The van der Waals surface area contributed by atoms with E-state index in [-0.39, 0.29) is 5.25 Å². The van der Waals surface area contributed by atoms with Gasteiger partial charge in [0, 0.05) is 22.3 Å². The number of imide groups is 1. The highest BCUT2D eigenvalue weighted by Crippen LogP contribution is 1.97. The summed E-state index contributed by atoms with van der Waals surface area (Å²) in [5.74, 6) is -0.460. The van der Waals surface area contributed by atoms with Crippen LogP contribution in [0.15, 0.2) is 0 Å². The van der Waals surface area contributed by atoms with Gasteiger partial charge in [-0.2, -0.15) is 0 Å². The Labute approximate surface area is 97.8 Å². The van der Waals surface area contributed by atoms with Gasteiger partial charge in [0.15, 0.2) is 0 Å². The average Bonchev–Trinajstić information content (AvgIpc) is 2.15. The molecule has 0 saturated heterocycles. The summed E-state index contributed by atoms with van der Waals surface area (Å²) in [6.45, 7) is 4.08. The van der Waals surface area contributed by atoms with Crippen molar-refractivity contribution in [1.29, 1.82) is 0 Å². The summed E-state index contributed by atoms with van der Waals surface area (Å²) in [4.78, 5) is 21.6. The van der Waals surface area contributed by atoms with E-state index in [4.69, 9.17) is 5.73 Å². The molecule has 0 rings (SSSR count). The molecule has 94 valence electrons. The Morgan fingerprint density at radius 3 is 2.38 bits per heavy atom. The fraction of sp³-hybridized carbons (Fsp3) is 0.778. The zero-order valence-corrected chi connectivity index (χ0v) is 10.6. The van der Waals surface area contributed by atoms with Gasteiger partial charge in [-0.15, -0.1) is 0 Å². The van der Waals surface area contributed by atoms with Crippen LogP contribution in [0.1, 0.15) is 20.3 Å². The molecule has 7 heteroatoms. The van der Waals surface area contributed by atoms with Crippen LogP contribution in [0, 0.1) is 0 Å². The number of hydrogen-bond donors (Lipinski definition) is 3. The van der Waals surface area contributed by atoms with E-state index in [1.54, 1.807) is 13.2 Å². The molecular weight excluding hydrogens is 230 g/mol. The van der Waals surface area contributed by atoms with E-state index in [1.165, 1.54) is 0 Å². The number of urea groups is 1. The van der Waals surface area contributed by atoms with Crippen molar-refractivity contribution in [2.75, 3.05) is 12.8 Å². The minimum atomic E-state index is -0.860. The first kappa shape index (κ1) is 15.0. The van der Waals surface area contributed by atoms with Gasteiger partial charge in [-0.1, -0.05) is 6.92 Å². The third kappa shape index (κ3) is 6.52. The van der Waals surface area contributed by atoms with Gasteiger partial charge < -0.3 is 11.1 Å². The molecule has 0 bridgehead atoms. The van der Waals surface area contributed by atoms with Crippen molar-refractivity contribution in [3.8, 4) is 0 Å². The van der Waals surface area contributed by atoms with Crippen LogP contribution in [-0.4, -0.2) is 40.2 Å². The Kier molecular flexibility index (Phi) is 6.91. The molecule has 0 heterocycles. The Morgan fingerprint density at radius 1 is 1.38 bits per heavy atom. The van der Waals surface area contributed by atoms with E-state index >= 15 is 0 Å². The average molecular weight is 249 g/mol. The van der Waals surface area contributed by atoms with Gasteiger partial charge in [0.25, 0.3) is 0 Å². The van der Waals surface area contributed by atoms with Gasteiger partial charge in [-0.3, -0.25) is 14.3 Å². The number of carbonyl (C=O) groups excluding carboxylic acids is 2. The molecular formula is C9H19N3O3S. The molecule has 0 aliphatic heterocycles. The molecule has 16 heavy (non-hydrogen) atoms. The van der Waals surface area contributed by atoms with Gasteiger partial charge in [0.05, 0.1) is 6.04 Å². The van der Waals surface area contributed by atoms with Crippen molar-refractivity contribution < 1.29 is 13.8 Å². The third-order valence-corrected chi connectivity index (χ3v) is 3.58. The van der Waals surface area contributed by atoms with E-state index in [0.717, 1.165) is 0 Å². The van der Waals surface area contributed by atoms with Crippen LogP contribution >= 0.6 is 0 Å². The molecule has 4 N–H and O–H groups in total. The van der Waals surface area contributed by atoms with Gasteiger partial charge in [-0.05, 0) is 19.9 Å². The van der Waals surface area contributed by atoms with E-state index in [0.29, 0.717) is 13.0 Å². The zero-order valence-electron chi connectivity index (χ0n) is 9.78. The minimum Gasteiger partial charge on any atom is -0.351 e. The molecule has 0 aliphatic rings. The lowest BCUT2D eigenvalue weighted by Gasteiger charge is -2.14. The second kappa shape index (κ2) is 7.34. The maximum atomic E-state index is 11.2. The fourth-order valence-electron chi connectivity index (χ4n) is 0.991. The van der Waals surface area contributed by atoms with Gasteiger partial charge in [0.1, 0.15) is 0 Å². The summed E-state index contributed by atoms with van der Waals surface area (Å²) in [6.07, 6.45) is 2.35. The molecule has 3 amide bonds. The summed E-state index contributed by atoms with van der Waals surface area (Å²) >= 11 is 0. The Hall–Kier alpha value is -0.950. The van der Waals surface area contributed by atoms with E-state index in [9.17, 15) is 13.8 Å². The number of hydrogen-bond acceptors (Lipinski definition) is 4. The number of nitrogens with one attached hydrogen (secondary N) is 2. The predicted molar refractivity (Wildman–Crippen MR) is 63.3 cm³/mol. The zero-order chi connectivity index (χ0) is 12.7. The number of primary amides is 1. The predicted octanol–water partition coefficient (Wildman–Crippen LogP) is -0.683. The summed E-state index contributed by atoms with van der Waals surface area (Å²) in [6, 6.07) is -1.35. The highest BCUT2D eigenvalue weighted by atomic mass is 32.2. The number of amides is 3. The van der Waals surface area contributed by atoms with Crippen molar-refractivity contribution in [3.05, 3.63) is 0 Å². The second-order valence-corrected chi connectivity index (χ2v) is 5.43. The summed E-state index contributed by atoms with van der Waals surface area (Å²) in [5, 5.41) is 4.98. The van der Waals surface area contributed by atoms with E-state index in [1.807, 2.05) is 12.2 Å². The molecule has 3 unspecified atom stereocenters. The van der Waals surface area contributed by atoms with Crippen molar-refractivity contribution >= 4 is 22.7 Å². The summed E-state index contributed by atoms with van der Waals surface area (Å²) in [7, 11) is -0.860. The highest BCUT2D eigenvalue weighted by Gasteiger charge is 2.14. The van der Waals surface area contributed by atoms with Crippen LogP contribution in [-0.2, 0) is 15.6 Å². The van der Waals surface area contributed by atoms with Crippen molar-refractivity contribution in [1.82, 2.24) is 10.6 Å². The van der Waals surface area contributed by atoms with Crippen LogP contribution in [0.5, 0.6) is 0 Å². The normalized spacial score (nSPS) is 16.2. The molecule has 3 atom stereocenters. The van der Waals surface area contributed by atoms with Crippen LogP contribution in [0.25, 0.3) is 0 Å². The standard InChI is InChI=1S/C9H19N3O3S/c1-6(16(3)15)4-5-11-7(2)8(13)12-9(10)14/h6-7,11H,4-5H2,1-3H3,(H3,10,12,13,14). The molecule has 0 fully saturated rings. The van der Waals surface area contributed by atoms with Gasteiger partial charge in [0.2, 0.25) is 5.91 Å². The molecule has 0 radical (unpaired) electrons. The van der Waals surface area contributed by atoms with Crippen LogP contribution in [0.2, 0.25) is 0 Å². The molecule has 0 aliphatic carbocycles. The molecule has 0 aromatic carbocycles. The maximum absolute atomic E-state index is 11.2. The maximum Gasteiger partial charge on any atom is 0.318 e. The molecule has 0 saturated carbocycles. The molecule has 6 nitrogen and oxygen atoms in total. The quantitative estimate of drug-likeness (QED) is 0.580. The lowest BCUT2D eigenvalue weighted by Crippen LogP contribution is -2.46. The van der Waals surface area contributed by atoms with E-state index in [2.05, 4.69) is 5.32 Å². The number of rotatable bonds is 6. The number of nitrogens with two attached hydrogens (primary N) is 1. The lowest BCUT2D eigenvalue weighted by atomic mass is 10.2. The largest absolute Gasteiger partial charge is 0.351 e. The Morgan fingerprint density at radius 2 is 1.94 bits per heavy atom. The van der Waals surface area contributed by atoms with Gasteiger partial charge in [-0.25, -0.2) is 4.79 Å². The summed E-state index contributed by atoms with van der Waals surface area (Å²) in [5.41, 5.74) is 4.81. The Balaban J connectivity index is 3.81.